The van der Waals surface area contributed by atoms with Crippen molar-refractivity contribution in [3.8, 4) is 0 Å². The van der Waals surface area contributed by atoms with Gasteiger partial charge in [0.2, 0.25) is 10.0 Å². The SMILES string of the molecule is CNCC(C)CNS(=O)(=O)c1c(F)cccc1F. The Morgan fingerprint density at radius 1 is 1.22 bits per heavy atom. The third kappa shape index (κ3) is 3.72. The molecule has 0 amide bonds. The molecule has 102 valence electrons. The number of sulfonamides is 1. The van der Waals surface area contributed by atoms with Crippen LogP contribution in [0.15, 0.2) is 23.1 Å². The molecule has 0 fully saturated rings. The Morgan fingerprint density at radius 2 is 1.78 bits per heavy atom. The topological polar surface area (TPSA) is 58.2 Å². The third-order valence-electron chi connectivity index (χ3n) is 2.36. The molecule has 0 aliphatic rings. The highest BCUT2D eigenvalue weighted by Gasteiger charge is 2.23. The molecule has 1 rings (SSSR count). The standard InChI is InChI=1S/C11H16F2N2O2S/c1-8(6-14-2)7-15-18(16,17)11-9(12)4-3-5-10(11)13/h3-5,8,14-15H,6-7H2,1-2H3. The minimum atomic E-state index is -4.16. The van der Waals surface area contributed by atoms with Crippen LogP contribution >= 0.6 is 0 Å². The normalized spacial score (nSPS) is 13.6. The van der Waals surface area contributed by atoms with Crippen molar-refractivity contribution in [1.29, 1.82) is 0 Å². The van der Waals surface area contributed by atoms with Crippen LogP contribution in [-0.4, -0.2) is 28.6 Å². The van der Waals surface area contributed by atoms with E-state index in [1.807, 2.05) is 6.92 Å². The van der Waals surface area contributed by atoms with E-state index in [0.717, 1.165) is 18.2 Å². The van der Waals surface area contributed by atoms with Gasteiger partial charge >= 0.3 is 0 Å². The Hall–Kier alpha value is -1.05. The van der Waals surface area contributed by atoms with Gasteiger partial charge in [-0.25, -0.2) is 21.9 Å². The van der Waals surface area contributed by atoms with Gasteiger partial charge in [-0.3, -0.25) is 0 Å². The highest BCUT2D eigenvalue weighted by atomic mass is 32.2. The Kier molecular flexibility index (Phi) is 5.18. The maximum atomic E-state index is 13.3. The van der Waals surface area contributed by atoms with Crippen molar-refractivity contribution in [3.63, 3.8) is 0 Å². The molecule has 0 aromatic heterocycles. The second-order valence-corrected chi connectivity index (χ2v) is 5.77. The molecular weight excluding hydrogens is 262 g/mol. The van der Waals surface area contributed by atoms with Crippen LogP contribution in [0.3, 0.4) is 0 Å². The molecule has 0 aliphatic carbocycles. The quantitative estimate of drug-likeness (QED) is 0.819. The second-order valence-electron chi connectivity index (χ2n) is 4.07. The van der Waals surface area contributed by atoms with Gasteiger partial charge in [0.25, 0.3) is 0 Å². The third-order valence-corrected chi connectivity index (χ3v) is 3.84. The van der Waals surface area contributed by atoms with Crippen LogP contribution in [0.1, 0.15) is 6.92 Å². The number of halogens is 2. The Balaban J connectivity index is 2.87. The molecule has 7 heteroatoms. The average molecular weight is 278 g/mol. The molecule has 1 atom stereocenters. The van der Waals surface area contributed by atoms with Gasteiger partial charge in [0.15, 0.2) is 4.90 Å². The molecule has 0 bridgehead atoms. The first-order valence-electron chi connectivity index (χ1n) is 5.46. The molecule has 18 heavy (non-hydrogen) atoms. The lowest BCUT2D eigenvalue weighted by Gasteiger charge is -2.13. The lowest BCUT2D eigenvalue weighted by Crippen LogP contribution is -2.33. The van der Waals surface area contributed by atoms with Gasteiger partial charge in [-0.1, -0.05) is 13.0 Å². The van der Waals surface area contributed by atoms with Crippen molar-refractivity contribution >= 4 is 10.0 Å². The van der Waals surface area contributed by atoms with E-state index >= 15 is 0 Å². The molecule has 1 unspecified atom stereocenters. The van der Waals surface area contributed by atoms with Crippen LogP contribution in [-0.2, 0) is 10.0 Å². The summed E-state index contributed by atoms with van der Waals surface area (Å²) in [6.45, 7) is 2.52. The maximum Gasteiger partial charge on any atom is 0.246 e. The number of hydrogen-bond acceptors (Lipinski definition) is 3. The molecule has 0 saturated carbocycles. The molecular formula is C11H16F2N2O2S. The van der Waals surface area contributed by atoms with Crippen molar-refractivity contribution in [1.82, 2.24) is 10.0 Å². The lowest BCUT2D eigenvalue weighted by atomic mass is 10.2. The highest BCUT2D eigenvalue weighted by molar-refractivity contribution is 7.89. The summed E-state index contributed by atoms with van der Waals surface area (Å²) in [7, 11) is -2.43. The molecule has 0 aliphatic heterocycles. The summed E-state index contributed by atoms with van der Waals surface area (Å²) in [4.78, 5) is -0.929. The van der Waals surface area contributed by atoms with Gasteiger partial charge in [-0.2, -0.15) is 0 Å². The summed E-state index contributed by atoms with van der Waals surface area (Å²) in [5, 5.41) is 2.88. The molecule has 0 radical (unpaired) electrons. The molecule has 1 aromatic rings. The number of benzene rings is 1. The minimum Gasteiger partial charge on any atom is -0.319 e. The van der Waals surface area contributed by atoms with Gasteiger partial charge in [-0.05, 0) is 31.6 Å². The monoisotopic (exact) mass is 278 g/mol. The van der Waals surface area contributed by atoms with Gasteiger partial charge in [0, 0.05) is 6.54 Å². The van der Waals surface area contributed by atoms with Crippen molar-refractivity contribution in [2.75, 3.05) is 20.1 Å². The number of nitrogens with one attached hydrogen (secondary N) is 2. The van der Waals surface area contributed by atoms with Gasteiger partial charge < -0.3 is 5.32 Å². The zero-order valence-corrected chi connectivity index (χ0v) is 11.0. The summed E-state index contributed by atoms with van der Waals surface area (Å²) in [6.07, 6.45) is 0. The smallest absolute Gasteiger partial charge is 0.246 e. The molecule has 0 saturated heterocycles. The first-order valence-corrected chi connectivity index (χ1v) is 6.95. The van der Waals surface area contributed by atoms with Crippen LogP contribution in [0.5, 0.6) is 0 Å². The highest BCUT2D eigenvalue weighted by Crippen LogP contribution is 2.17. The van der Waals surface area contributed by atoms with E-state index in [0.29, 0.717) is 6.54 Å². The van der Waals surface area contributed by atoms with E-state index in [9.17, 15) is 17.2 Å². The van der Waals surface area contributed by atoms with Gasteiger partial charge in [0.1, 0.15) is 11.6 Å². The van der Waals surface area contributed by atoms with Crippen LogP contribution in [0.4, 0.5) is 8.78 Å². The lowest BCUT2D eigenvalue weighted by molar-refractivity contribution is 0.497. The van der Waals surface area contributed by atoms with E-state index in [1.54, 1.807) is 7.05 Å². The fourth-order valence-corrected chi connectivity index (χ4v) is 2.78. The summed E-state index contributed by atoms with van der Waals surface area (Å²) < 4.78 is 52.4. The molecule has 0 heterocycles. The van der Waals surface area contributed by atoms with E-state index in [-0.39, 0.29) is 12.5 Å². The van der Waals surface area contributed by atoms with Crippen LogP contribution in [0.25, 0.3) is 0 Å². The largest absolute Gasteiger partial charge is 0.319 e. The minimum absolute atomic E-state index is 0.0135. The Labute approximate surface area is 105 Å². The fourth-order valence-electron chi connectivity index (χ4n) is 1.48. The van der Waals surface area contributed by atoms with Crippen LogP contribution in [0.2, 0.25) is 0 Å². The average Bonchev–Trinajstić information content (AvgIpc) is 2.26. The van der Waals surface area contributed by atoms with Gasteiger partial charge in [-0.15, -0.1) is 0 Å². The van der Waals surface area contributed by atoms with Crippen molar-refractivity contribution in [2.45, 2.75) is 11.8 Å². The number of hydrogen-bond donors (Lipinski definition) is 2. The molecule has 1 aromatic carbocycles. The first kappa shape index (κ1) is 15.0. The van der Waals surface area contributed by atoms with Crippen LogP contribution in [0, 0.1) is 17.6 Å². The van der Waals surface area contributed by atoms with Crippen molar-refractivity contribution < 1.29 is 17.2 Å². The van der Waals surface area contributed by atoms with Crippen molar-refractivity contribution in [2.24, 2.45) is 5.92 Å². The van der Waals surface area contributed by atoms with Crippen LogP contribution < -0.4 is 10.0 Å². The van der Waals surface area contributed by atoms with E-state index in [1.165, 1.54) is 0 Å². The first-order chi connectivity index (χ1) is 8.38. The summed E-state index contributed by atoms with van der Waals surface area (Å²) in [5.41, 5.74) is 0. The predicted molar refractivity (Wildman–Crippen MR) is 64.6 cm³/mol. The molecule has 2 N–H and O–H groups in total. The summed E-state index contributed by atoms with van der Waals surface area (Å²) in [5.74, 6) is -2.17. The van der Waals surface area contributed by atoms with Crippen molar-refractivity contribution in [3.05, 3.63) is 29.8 Å². The maximum absolute atomic E-state index is 13.3. The second kappa shape index (κ2) is 6.21. The van der Waals surface area contributed by atoms with E-state index < -0.39 is 26.6 Å². The summed E-state index contributed by atoms with van der Waals surface area (Å²) in [6, 6.07) is 2.94. The Bertz CT molecular complexity index is 486. The van der Waals surface area contributed by atoms with E-state index in [4.69, 9.17) is 0 Å². The fraction of sp³-hybridized carbons (Fsp3) is 0.455. The molecule has 4 nitrogen and oxygen atoms in total. The predicted octanol–water partition coefficient (Wildman–Crippen LogP) is 1.10. The summed E-state index contributed by atoms with van der Waals surface area (Å²) >= 11 is 0. The zero-order chi connectivity index (χ0) is 13.8. The zero-order valence-electron chi connectivity index (χ0n) is 10.2. The Morgan fingerprint density at radius 3 is 2.28 bits per heavy atom. The number of rotatable bonds is 6. The van der Waals surface area contributed by atoms with Gasteiger partial charge in [0.05, 0.1) is 0 Å². The molecule has 0 spiro atoms. The van der Waals surface area contributed by atoms with E-state index in [2.05, 4.69) is 10.0 Å².